The fraction of sp³-hybridized carbons (Fsp3) is 0.455. The molecule has 1 aliphatic rings. The summed E-state index contributed by atoms with van der Waals surface area (Å²) in [6.07, 6.45) is 4.44. The first-order chi connectivity index (χ1) is 7.81. The minimum absolute atomic E-state index is 0.375. The summed E-state index contributed by atoms with van der Waals surface area (Å²) in [6, 6.07) is 5.43. The van der Waals surface area contributed by atoms with E-state index in [4.69, 9.17) is 10.5 Å². The maximum absolute atomic E-state index is 8.95. The Morgan fingerprint density at radius 3 is 2.25 bits per heavy atom. The number of anilines is 1. The number of hydrogen-bond donors (Lipinski definition) is 2. The van der Waals surface area contributed by atoms with Crippen molar-refractivity contribution in [2.45, 2.75) is 12.8 Å². The summed E-state index contributed by atoms with van der Waals surface area (Å²) in [5.41, 5.74) is 5.25. The van der Waals surface area contributed by atoms with Gasteiger partial charge in [-0.1, -0.05) is 6.07 Å². The minimum Gasteiger partial charge on any atom is -0.471 e. The lowest BCUT2D eigenvalue weighted by Gasteiger charge is -1.82. The van der Waals surface area contributed by atoms with Crippen molar-refractivity contribution in [2.24, 2.45) is 0 Å². The van der Waals surface area contributed by atoms with Crippen LogP contribution in [0.2, 0.25) is 0 Å². The summed E-state index contributed by atoms with van der Waals surface area (Å²) >= 11 is 0. The fourth-order valence-electron chi connectivity index (χ4n) is 1.00. The molecule has 5 heteroatoms. The molecule has 1 aromatic rings. The predicted molar refractivity (Wildman–Crippen MR) is 63.8 cm³/mol. The van der Waals surface area contributed by atoms with Gasteiger partial charge in [-0.05, 0) is 38.1 Å². The van der Waals surface area contributed by atoms with E-state index in [0.29, 0.717) is 12.3 Å². The van der Waals surface area contributed by atoms with Crippen LogP contribution in [-0.4, -0.2) is 31.7 Å². The predicted octanol–water partition coefficient (Wildman–Crippen LogP) is 0.823. The molecule has 1 saturated heterocycles. The number of nitrogen functional groups attached to an aromatic ring is 1. The third kappa shape index (κ3) is 10.5. The van der Waals surface area contributed by atoms with Gasteiger partial charge < -0.3 is 15.8 Å². The van der Waals surface area contributed by atoms with Crippen molar-refractivity contribution >= 4 is 12.3 Å². The van der Waals surface area contributed by atoms with Crippen molar-refractivity contribution in [3.63, 3.8) is 0 Å². The molecule has 0 aromatic carbocycles. The second-order valence-electron chi connectivity index (χ2n) is 3.04. The van der Waals surface area contributed by atoms with Crippen LogP contribution in [0.3, 0.4) is 0 Å². The Morgan fingerprint density at radius 2 is 2.06 bits per heavy atom. The number of aromatic nitrogens is 1. The van der Waals surface area contributed by atoms with Gasteiger partial charge in [-0.3, -0.25) is 4.79 Å². The molecule has 0 bridgehead atoms. The molecular formula is C11H19N3O2. The maximum atomic E-state index is 8.95. The van der Waals surface area contributed by atoms with Crippen LogP contribution >= 0.6 is 0 Å². The molecule has 2 rings (SSSR count). The number of methoxy groups -OCH3 is 1. The number of ether oxygens (including phenoxy) is 1. The Kier molecular flexibility index (Phi) is 10.3. The summed E-state index contributed by atoms with van der Waals surface area (Å²) < 4.78 is 3.86. The number of nitrogens with one attached hydrogen (secondary N) is 1. The first-order valence-electron chi connectivity index (χ1n) is 5.15. The highest BCUT2D eigenvalue weighted by molar-refractivity contribution is 5.36. The topological polar surface area (TPSA) is 77.2 Å². The van der Waals surface area contributed by atoms with E-state index in [0.717, 1.165) is 0 Å². The highest BCUT2D eigenvalue weighted by Gasteiger charge is 1.93. The Labute approximate surface area is 96.0 Å². The summed E-state index contributed by atoms with van der Waals surface area (Å²) in [4.78, 5) is 12.7. The molecule has 1 aromatic heterocycles. The van der Waals surface area contributed by atoms with Crippen LogP contribution in [0.1, 0.15) is 12.8 Å². The van der Waals surface area contributed by atoms with Gasteiger partial charge in [-0.15, -0.1) is 0 Å². The van der Waals surface area contributed by atoms with Gasteiger partial charge in [0.2, 0.25) is 0 Å². The first-order valence-corrected chi connectivity index (χ1v) is 5.15. The van der Waals surface area contributed by atoms with Crippen molar-refractivity contribution in [3.8, 4) is 0 Å². The van der Waals surface area contributed by atoms with Crippen molar-refractivity contribution in [2.75, 3.05) is 25.9 Å². The van der Waals surface area contributed by atoms with E-state index in [1.807, 2.05) is 12.1 Å². The van der Waals surface area contributed by atoms with E-state index in [2.05, 4.69) is 15.0 Å². The molecule has 16 heavy (non-hydrogen) atoms. The zero-order valence-electron chi connectivity index (χ0n) is 9.56. The highest BCUT2D eigenvalue weighted by Crippen LogP contribution is 1.90. The molecule has 0 amide bonds. The first kappa shape index (κ1) is 14.4. The van der Waals surface area contributed by atoms with E-state index in [9.17, 15) is 0 Å². The number of pyridine rings is 1. The van der Waals surface area contributed by atoms with E-state index in [1.165, 1.54) is 33.0 Å². The quantitative estimate of drug-likeness (QED) is 0.692. The average molecular weight is 225 g/mol. The van der Waals surface area contributed by atoms with E-state index in [-0.39, 0.29) is 0 Å². The van der Waals surface area contributed by atoms with Crippen LogP contribution in [0.5, 0.6) is 0 Å². The Balaban J connectivity index is 0.000000222. The molecule has 0 radical (unpaired) electrons. The van der Waals surface area contributed by atoms with E-state index >= 15 is 0 Å². The van der Waals surface area contributed by atoms with Gasteiger partial charge in [0.05, 0.1) is 7.11 Å². The van der Waals surface area contributed by atoms with Crippen LogP contribution in [0, 0.1) is 0 Å². The lowest BCUT2D eigenvalue weighted by Crippen LogP contribution is -2.03. The number of hydrogen-bond acceptors (Lipinski definition) is 5. The molecule has 3 N–H and O–H groups in total. The molecule has 0 unspecified atom stereocenters. The van der Waals surface area contributed by atoms with Gasteiger partial charge in [-0.25, -0.2) is 4.98 Å². The normalized spacial score (nSPS) is 12.6. The van der Waals surface area contributed by atoms with Crippen LogP contribution in [0.4, 0.5) is 5.82 Å². The van der Waals surface area contributed by atoms with Crippen molar-refractivity contribution in [1.29, 1.82) is 0 Å². The minimum atomic E-state index is 0.375. The van der Waals surface area contributed by atoms with Gasteiger partial charge >= 0.3 is 0 Å². The molecule has 0 saturated carbocycles. The van der Waals surface area contributed by atoms with Crippen LogP contribution < -0.4 is 11.1 Å². The van der Waals surface area contributed by atoms with Gasteiger partial charge in [0, 0.05) is 6.20 Å². The lowest BCUT2D eigenvalue weighted by molar-refractivity contribution is -0.126. The monoisotopic (exact) mass is 225 g/mol. The van der Waals surface area contributed by atoms with Gasteiger partial charge in [-0.2, -0.15) is 0 Å². The molecule has 1 fully saturated rings. The van der Waals surface area contributed by atoms with Crippen molar-refractivity contribution in [3.05, 3.63) is 24.4 Å². The number of carbonyl (C=O) groups excluding carboxylic acids is 1. The Morgan fingerprint density at radius 1 is 1.44 bits per heavy atom. The smallest absolute Gasteiger partial charge is 0.292 e. The molecule has 90 valence electrons. The zero-order valence-corrected chi connectivity index (χ0v) is 9.56. The Hall–Kier alpha value is -1.62. The number of nitrogens with two attached hydrogens (primary N) is 1. The second kappa shape index (κ2) is 11.5. The number of nitrogens with zero attached hydrogens (tertiary/aromatic N) is 1. The fourth-order valence-corrected chi connectivity index (χ4v) is 1.00. The third-order valence-corrected chi connectivity index (χ3v) is 1.74. The van der Waals surface area contributed by atoms with Gasteiger partial charge in [0.1, 0.15) is 5.82 Å². The molecule has 0 spiro atoms. The van der Waals surface area contributed by atoms with Gasteiger partial charge in [0.15, 0.2) is 0 Å². The Bertz CT molecular complexity index is 243. The van der Waals surface area contributed by atoms with Gasteiger partial charge in [0.25, 0.3) is 6.47 Å². The SMILES string of the molecule is C1CCNC1.COC=O.Nc1ccccn1. The molecule has 1 aliphatic heterocycles. The third-order valence-electron chi connectivity index (χ3n) is 1.74. The number of carbonyl (C=O) groups is 1. The van der Waals surface area contributed by atoms with Crippen LogP contribution in [0.15, 0.2) is 24.4 Å². The van der Waals surface area contributed by atoms with E-state index in [1.54, 1.807) is 12.3 Å². The molecular weight excluding hydrogens is 206 g/mol. The summed E-state index contributed by atoms with van der Waals surface area (Å²) in [7, 11) is 1.31. The molecule has 2 heterocycles. The summed E-state index contributed by atoms with van der Waals surface area (Å²) in [5, 5.41) is 3.22. The van der Waals surface area contributed by atoms with Crippen molar-refractivity contribution < 1.29 is 9.53 Å². The van der Waals surface area contributed by atoms with Crippen LogP contribution in [-0.2, 0) is 9.53 Å². The highest BCUT2D eigenvalue weighted by atomic mass is 16.5. The maximum Gasteiger partial charge on any atom is 0.292 e. The van der Waals surface area contributed by atoms with E-state index < -0.39 is 0 Å². The zero-order chi connectivity index (χ0) is 12.1. The molecule has 0 atom stereocenters. The number of rotatable bonds is 1. The van der Waals surface area contributed by atoms with Crippen molar-refractivity contribution in [1.82, 2.24) is 10.3 Å². The second-order valence-corrected chi connectivity index (χ2v) is 3.04. The standard InChI is InChI=1S/C5H6N2.C4H9N.C2H4O2/c6-5-3-1-2-4-7-5;1-2-4-5-3-1;1-4-2-3/h1-4H,(H2,6,7);5H,1-4H2;2H,1H3. The lowest BCUT2D eigenvalue weighted by atomic mass is 10.4. The van der Waals surface area contributed by atoms with Crippen LogP contribution in [0.25, 0.3) is 0 Å². The largest absolute Gasteiger partial charge is 0.471 e. The summed E-state index contributed by atoms with van der Waals surface area (Å²) in [6.45, 7) is 2.88. The average Bonchev–Trinajstić information content (AvgIpc) is 2.89. The molecule has 5 nitrogen and oxygen atoms in total. The molecule has 0 aliphatic carbocycles. The summed E-state index contributed by atoms with van der Waals surface area (Å²) in [5.74, 6) is 0.572.